The van der Waals surface area contributed by atoms with Gasteiger partial charge in [-0.15, -0.1) is 0 Å². The van der Waals surface area contributed by atoms with E-state index in [1.165, 1.54) is 18.2 Å². The summed E-state index contributed by atoms with van der Waals surface area (Å²) in [5.41, 5.74) is 1.34. The molecular weight excluding hydrogens is 347 g/mol. The molecule has 0 bridgehead atoms. The largest absolute Gasteiger partial charge is 0.481 e. The molecule has 6 heteroatoms. The molecule has 0 radical (unpaired) electrons. The number of esters is 1. The van der Waals surface area contributed by atoms with E-state index in [1.807, 2.05) is 0 Å². The van der Waals surface area contributed by atoms with Crippen molar-refractivity contribution in [1.82, 2.24) is 0 Å². The van der Waals surface area contributed by atoms with Crippen molar-refractivity contribution >= 4 is 23.5 Å². The van der Waals surface area contributed by atoms with Gasteiger partial charge in [0.15, 0.2) is 0 Å². The number of aliphatic carboxylic acids is 1. The predicted molar refractivity (Wildman–Crippen MR) is 91.7 cm³/mol. The van der Waals surface area contributed by atoms with Crippen molar-refractivity contribution in [2.24, 2.45) is 5.92 Å². The number of ether oxygens (including phenoxy) is 1. The van der Waals surface area contributed by atoms with Crippen molar-refractivity contribution < 1.29 is 23.8 Å². The van der Waals surface area contributed by atoms with E-state index in [0.29, 0.717) is 10.6 Å². The normalized spacial score (nSPS) is 11.8. The second-order valence-electron chi connectivity index (χ2n) is 5.70. The van der Waals surface area contributed by atoms with E-state index in [0.717, 1.165) is 5.56 Å². The van der Waals surface area contributed by atoms with E-state index < -0.39 is 23.7 Å². The van der Waals surface area contributed by atoms with Crippen LogP contribution in [0, 0.1) is 11.7 Å². The third-order valence-electron chi connectivity index (χ3n) is 3.71. The Kier molecular flexibility index (Phi) is 6.95. The molecule has 2 aromatic rings. The van der Waals surface area contributed by atoms with Gasteiger partial charge >= 0.3 is 11.9 Å². The summed E-state index contributed by atoms with van der Waals surface area (Å²) in [6.07, 6.45) is 0.266. The molecule has 1 N–H and O–H groups in total. The third-order valence-corrected chi connectivity index (χ3v) is 3.94. The van der Waals surface area contributed by atoms with Gasteiger partial charge in [-0.3, -0.25) is 9.59 Å². The molecule has 0 spiro atoms. The van der Waals surface area contributed by atoms with Crippen LogP contribution in [0.5, 0.6) is 0 Å². The van der Waals surface area contributed by atoms with Crippen LogP contribution in [-0.4, -0.2) is 17.0 Å². The fourth-order valence-electron chi connectivity index (χ4n) is 2.42. The molecule has 132 valence electrons. The van der Waals surface area contributed by atoms with Crippen molar-refractivity contribution in [3.63, 3.8) is 0 Å². The highest BCUT2D eigenvalue weighted by molar-refractivity contribution is 6.30. The predicted octanol–water partition coefficient (Wildman–Crippen LogP) is 4.25. The summed E-state index contributed by atoms with van der Waals surface area (Å²) in [7, 11) is 0. The van der Waals surface area contributed by atoms with Gasteiger partial charge in [-0.25, -0.2) is 4.39 Å². The number of carboxylic acids is 1. The lowest BCUT2D eigenvalue weighted by Crippen LogP contribution is -2.18. The molecule has 0 unspecified atom stereocenters. The number of rotatable bonds is 8. The highest BCUT2D eigenvalue weighted by atomic mass is 35.5. The maximum absolute atomic E-state index is 13.2. The minimum atomic E-state index is -1.02. The third kappa shape index (κ3) is 6.55. The molecule has 2 aromatic carbocycles. The highest BCUT2D eigenvalue weighted by Crippen LogP contribution is 2.17. The monoisotopic (exact) mass is 364 g/mol. The molecule has 0 aliphatic heterocycles. The smallest absolute Gasteiger partial charge is 0.306 e. The van der Waals surface area contributed by atoms with Gasteiger partial charge in [-0.2, -0.15) is 0 Å². The quantitative estimate of drug-likeness (QED) is 0.711. The SMILES string of the molecule is O=C(CC[C@@H](Cc1cccc(F)c1)C(=O)O)OCc1cccc(Cl)c1. The number of hydrogen-bond donors (Lipinski definition) is 1. The Morgan fingerprint density at radius 3 is 2.52 bits per heavy atom. The van der Waals surface area contributed by atoms with Crippen LogP contribution in [0.25, 0.3) is 0 Å². The molecule has 2 rings (SSSR count). The Morgan fingerprint density at radius 1 is 1.12 bits per heavy atom. The Balaban J connectivity index is 1.83. The first-order chi connectivity index (χ1) is 11.9. The Morgan fingerprint density at radius 2 is 1.84 bits per heavy atom. The molecule has 0 aliphatic rings. The molecule has 0 amide bonds. The zero-order valence-electron chi connectivity index (χ0n) is 13.5. The summed E-state index contributed by atoms with van der Waals surface area (Å²) in [4.78, 5) is 23.2. The minimum Gasteiger partial charge on any atom is -0.481 e. The lowest BCUT2D eigenvalue weighted by Gasteiger charge is -2.12. The molecule has 0 fully saturated rings. The van der Waals surface area contributed by atoms with Crippen LogP contribution in [0.2, 0.25) is 5.02 Å². The second-order valence-corrected chi connectivity index (χ2v) is 6.13. The summed E-state index contributed by atoms with van der Waals surface area (Å²) in [6.45, 7) is 0.0844. The van der Waals surface area contributed by atoms with Crippen LogP contribution >= 0.6 is 11.6 Å². The minimum absolute atomic E-state index is 0.0210. The molecule has 4 nitrogen and oxygen atoms in total. The Labute approximate surface area is 150 Å². The Hall–Kier alpha value is -2.40. The Bertz CT molecular complexity index is 748. The first kappa shape index (κ1) is 18.9. The molecular formula is C19H18ClFO4. The van der Waals surface area contributed by atoms with Gasteiger partial charge in [0.25, 0.3) is 0 Å². The number of carboxylic acid groups (broad SMARTS) is 1. The average Bonchev–Trinajstić information content (AvgIpc) is 2.56. The van der Waals surface area contributed by atoms with E-state index in [-0.39, 0.29) is 25.9 Å². The van der Waals surface area contributed by atoms with Crippen molar-refractivity contribution in [3.05, 3.63) is 70.5 Å². The number of benzene rings is 2. The van der Waals surface area contributed by atoms with Crippen molar-refractivity contribution in [2.45, 2.75) is 25.9 Å². The van der Waals surface area contributed by atoms with E-state index in [1.54, 1.807) is 30.3 Å². The van der Waals surface area contributed by atoms with E-state index in [2.05, 4.69) is 0 Å². The van der Waals surface area contributed by atoms with Crippen LogP contribution in [0.4, 0.5) is 4.39 Å². The maximum atomic E-state index is 13.2. The van der Waals surface area contributed by atoms with Crippen molar-refractivity contribution in [2.75, 3.05) is 0 Å². The summed E-state index contributed by atoms with van der Waals surface area (Å²) in [5, 5.41) is 9.85. The highest BCUT2D eigenvalue weighted by Gasteiger charge is 2.20. The van der Waals surface area contributed by atoms with Crippen molar-refractivity contribution in [3.8, 4) is 0 Å². The van der Waals surface area contributed by atoms with Crippen LogP contribution in [-0.2, 0) is 27.4 Å². The average molecular weight is 365 g/mol. The molecule has 25 heavy (non-hydrogen) atoms. The summed E-state index contributed by atoms with van der Waals surface area (Å²) < 4.78 is 18.3. The second kappa shape index (κ2) is 9.18. The standard InChI is InChI=1S/C19H18ClFO4/c20-16-5-1-4-14(10-16)12-25-18(22)8-7-15(19(23)24)9-13-3-2-6-17(21)11-13/h1-6,10-11,15H,7-9,12H2,(H,23,24)/t15-/m0/s1. The van der Waals surface area contributed by atoms with E-state index >= 15 is 0 Å². The summed E-state index contributed by atoms with van der Waals surface area (Å²) >= 11 is 5.85. The van der Waals surface area contributed by atoms with Crippen LogP contribution in [0.3, 0.4) is 0 Å². The summed E-state index contributed by atoms with van der Waals surface area (Å²) in [5.74, 6) is -2.69. The van der Waals surface area contributed by atoms with Crippen LogP contribution < -0.4 is 0 Å². The van der Waals surface area contributed by atoms with E-state index in [9.17, 15) is 19.1 Å². The molecule has 0 aliphatic carbocycles. The maximum Gasteiger partial charge on any atom is 0.306 e. The number of carbonyl (C=O) groups excluding carboxylic acids is 1. The van der Waals surface area contributed by atoms with Gasteiger partial charge in [-0.1, -0.05) is 35.9 Å². The lowest BCUT2D eigenvalue weighted by molar-refractivity contribution is -0.146. The molecule has 0 saturated carbocycles. The number of carbonyl (C=O) groups is 2. The number of hydrogen-bond acceptors (Lipinski definition) is 3. The molecule has 1 atom stereocenters. The van der Waals surface area contributed by atoms with Gasteiger partial charge < -0.3 is 9.84 Å². The van der Waals surface area contributed by atoms with Crippen LogP contribution in [0.15, 0.2) is 48.5 Å². The number of halogens is 2. The van der Waals surface area contributed by atoms with Crippen molar-refractivity contribution in [1.29, 1.82) is 0 Å². The summed E-state index contributed by atoms with van der Waals surface area (Å²) in [6, 6.07) is 12.7. The zero-order valence-corrected chi connectivity index (χ0v) is 14.2. The first-order valence-electron chi connectivity index (χ1n) is 7.81. The van der Waals surface area contributed by atoms with E-state index in [4.69, 9.17) is 16.3 Å². The zero-order chi connectivity index (χ0) is 18.2. The molecule has 0 aromatic heterocycles. The van der Waals surface area contributed by atoms with Gasteiger partial charge in [0.1, 0.15) is 12.4 Å². The van der Waals surface area contributed by atoms with Crippen LogP contribution in [0.1, 0.15) is 24.0 Å². The molecule has 0 heterocycles. The fraction of sp³-hybridized carbons (Fsp3) is 0.263. The fourth-order valence-corrected chi connectivity index (χ4v) is 2.63. The van der Waals surface area contributed by atoms with Gasteiger partial charge in [-0.05, 0) is 48.2 Å². The first-order valence-corrected chi connectivity index (χ1v) is 8.19. The van der Waals surface area contributed by atoms with Gasteiger partial charge in [0.2, 0.25) is 0 Å². The topological polar surface area (TPSA) is 63.6 Å². The lowest BCUT2D eigenvalue weighted by atomic mass is 9.95. The van der Waals surface area contributed by atoms with Gasteiger partial charge in [0.05, 0.1) is 5.92 Å². The van der Waals surface area contributed by atoms with Gasteiger partial charge in [0, 0.05) is 11.4 Å². The molecule has 0 saturated heterocycles.